The second kappa shape index (κ2) is 17.1. The molecular weight excluding hydrogens is 841 g/mol. The summed E-state index contributed by atoms with van der Waals surface area (Å²) in [4.78, 5) is 74.0. The summed E-state index contributed by atoms with van der Waals surface area (Å²) >= 11 is 0. The number of amides is 4. The van der Waals surface area contributed by atoms with Crippen LogP contribution in [0.1, 0.15) is 74.5 Å². The molecule has 2 saturated heterocycles. The number of alkyl carbamates (subject to hydrolysis) is 2. The second-order valence-electron chi connectivity index (χ2n) is 18.4. The monoisotopic (exact) mass is 894 g/mol. The van der Waals surface area contributed by atoms with Crippen molar-refractivity contribution >= 4 is 45.8 Å². The minimum atomic E-state index is -0.955. The van der Waals surface area contributed by atoms with Crippen molar-refractivity contribution in [1.82, 2.24) is 40.4 Å². The summed E-state index contributed by atoms with van der Waals surface area (Å²) < 4.78 is 21.8. The van der Waals surface area contributed by atoms with E-state index in [9.17, 15) is 19.2 Å². The lowest BCUT2D eigenvalue weighted by molar-refractivity contribution is -0.137. The van der Waals surface area contributed by atoms with Crippen LogP contribution in [-0.2, 0) is 30.4 Å². The van der Waals surface area contributed by atoms with Crippen LogP contribution >= 0.6 is 0 Å². The van der Waals surface area contributed by atoms with Crippen molar-refractivity contribution in [2.45, 2.75) is 70.4 Å². The Morgan fingerprint density at radius 1 is 0.864 bits per heavy atom. The number of piperidine rings is 1. The number of aromatic nitrogens is 4. The van der Waals surface area contributed by atoms with Crippen molar-refractivity contribution in [2.75, 3.05) is 34.5 Å². The molecule has 6 aromatic rings. The van der Waals surface area contributed by atoms with Gasteiger partial charge in [0.25, 0.3) is 5.91 Å². The molecule has 0 radical (unpaired) electrons. The van der Waals surface area contributed by atoms with Crippen molar-refractivity contribution in [3.8, 4) is 28.1 Å². The first-order valence-corrected chi connectivity index (χ1v) is 22.6. The zero-order valence-electron chi connectivity index (χ0n) is 37.8. The van der Waals surface area contributed by atoms with Crippen molar-refractivity contribution in [3.05, 3.63) is 102 Å². The van der Waals surface area contributed by atoms with Gasteiger partial charge in [0.15, 0.2) is 0 Å². The molecule has 4 aromatic carbocycles. The molecule has 5 heterocycles. The van der Waals surface area contributed by atoms with Gasteiger partial charge >= 0.3 is 12.2 Å². The van der Waals surface area contributed by atoms with Crippen LogP contribution in [0.4, 0.5) is 9.59 Å². The number of fused-ring (bicyclic) bond motifs is 7. The Kier molecular flexibility index (Phi) is 11.2. The lowest BCUT2D eigenvalue weighted by Gasteiger charge is -2.32. The number of likely N-dealkylation sites (tertiary alicyclic amines) is 2. The van der Waals surface area contributed by atoms with Crippen LogP contribution in [0.5, 0.6) is 5.75 Å². The molecule has 8 atom stereocenters. The van der Waals surface area contributed by atoms with Gasteiger partial charge in [-0.2, -0.15) is 0 Å². The zero-order valence-corrected chi connectivity index (χ0v) is 37.8. The Morgan fingerprint density at radius 3 is 2.41 bits per heavy atom. The lowest BCUT2D eigenvalue weighted by atomic mass is 9.92. The van der Waals surface area contributed by atoms with Gasteiger partial charge < -0.3 is 49.3 Å². The van der Waals surface area contributed by atoms with E-state index in [2.05, 4.69) is 63.9 Å². The molecule has 4 amide bonds. The molecule has 342 valence electrons. The van der Waals surface area contributed by atoms with Crippen LogP contribution in [0, 0.1) is 23.7 Å². The number of imidazole rings is 2. The molecule has 3 unspecified atom stereocenters. The van der Waals surface area contributed by atoms with Gasteiger partial charge in [0.05, 0.1) is 55.8 Å². The van der Waals surface area contributed by atoms with Gasteiger partial charge in [0, 0.05) is 36.6 Å². The highest BCUT2D eigenvalue weighted by Gasteiger charge is 2.61. The molecule has 4 aliphatic rings. The molecule has 10 rings (SSSR count). The predicted molar refractivity (Wildman–Crippen MR) is 245 cm³/mol. The Labute approximate surface area is 381 Å². The minimum absolute atomic E-state index is 0.0587. The Morgan fingerprint density at radius 2 is 1.65 bits per heavy atom. The molecule has 16 nitrogen and oxygen atoms in total. The average Bonchev–Trinajstić information content (AvgIpc) is 3.96. The quantitative estimate of drug-likeness (QED) is 0.101. The maximum Gasteiger partial charge on any atom is 0.407 e. The molecule has 66 heavy (non-hydrogen) atoms. The molecule has 2 aromatic heterocycles. The van der Waals surface area contributed by atoms with Gasteiger partial charge in [-0.05, 0) is 82.5 Å². The summed E-state index contributed by atoms with van der Waals surface area (Å²) in [7, 11) is 4.24. The van der Waals surface area contributed by atoms with Crippen molar-refractivity contribution in [1.29, 1.82) is 0 Å². The molecule has 16 heteroatoms. The van der Waals surface area contributed by atoms with Gasteiger partial charge in [0.2, 0.25) is 5.91 Å². The summed E-state index contributed by atoms with van der Waals surface area (Å²) in [5.41, 5.74) is 7.13. The van der Waals surface area contributed by atoms with Crippen molar-refractivity contribution < 1.29 is 38.1 Å². The molecule has 3 aliphatic heterocycles. The number of hydrogen-bond donors (Lipinski definition) is 4. The number of aromatic amines is 2. The lowest BCUT2D eigenvalue weighted by Crippen LogP contribution is -2.52. The average molecular weight is 895 g/mol. The minimum Gasteiger partial charge on any atom is -0.488 e. The highest BCUT2D eigenvalue weighted by atomic mass is 16.5. The maximum atomic E-state index is 14.4. The van der Waals surface area contributed by atoms with Crippen LogP contribution in [-0.4, -0.2) is 100 Å². The zero-order chi connectivity index (χ0) is 46.0. The standard InChI is InChI=1S/C50H54N8O8/c1-25(2)41(55-49(61)64-5)48(60)58-39(19-33-26(3)44(33)58)45-51-21-37(53-45)30-12-14-32-31(17-30)24-66-40-20-34-29(18-35(32)40)13-15-36-43(34)54-46(52-36)38-16-27(23-63-4)22-57(38)47(59)42(56-50(62)65-6)28-10-8-7-9-11-28/h7-15,17-18,20-21,25-27,33,38-39,41-42,44H,16,19,22-24H2,1-6H3,(H,51,53)(H,52,54)(H,55,61)(H,56,62)/t26-,27+,33?,38+,39+,41?,42-,44?/m1/s1. The first-order chi connectivity index (χ1) is 32.0. The van der Waals surface area contributed by atoms with E-state index in [1.54, 1.807) is 12.0 Å². The van der Waals surface area contributed by atoms with Crippen LogP contribution < -0.4 is 15.4 Å². The van der Waals surface area contributed by atoms with Gasteiger partial charge in [0.1, 0.15) is 36.1 Å². The molecule has 0 spiro atoms. The number of hydrogen-bond acceptors (Lipinski definition) is 10. The maximum absolute atomic E-state index is 14.4. The molecule has 0 bridgehead atoms. The fourth-order valence-corrected chi connectivity index (χ4v) is 10.7. The van der Waals surface area contributed by atoms with Crippen molar-refractivity contribution in [2.24, 2.45) is 23.7 Å². The van der Waals surface area contributed by atoms with Crippen molar-refractivity contribution in [3.63, 3.8) is 0 Å². The molecular formula is C50H54N8O8. The molecule has 3 fully saturated rings. The number of methoxy groups -OCH3 is 3. The summed E-state index contributed by atoms with van der Waals surface area (Å²) in [6.45, 7) is 7.28. The largest absolute Gasteiger partial charge is 0.488 e. The molecule has 4 N–H and O–H groups in total. The van der Waals surface area contributed by atoms with E-state index in [0.29, 0.717) is 49.4 Å². The van der Waals surface area contributed by atoms with E-state index < -0.39 is 30.3 Å². The Hall–Kier alpha value is -6.94. The van der Waals surface area contributed by atoms with E-state index in [1.165, 1.54) is 14.2 Å². The van der Waals surface area contributed by atoms with E-state index in [4.69, 9.17) is 28.9 Å². The van der Waals surface area contributed by atoms with Gasteiger partial charge in [-0.1, -0.05) is 69.3 Å². The first kappa shape index (κ1) is 43.0. The number of H-pyrrole nitrogens is 2. The SMILES string of the molecule is COC[C@H]1C[C@@H](c2nc3c(ccc4cc5c(cc43)OCc3cc(-c4cnc([C@@H]6CC7C([C@@H]7C)N6C(=O)C(NC(=O)OC)C(C)C)[nH]4)ccc3-5)[nH]2)N(C(=O)[C@H](NC(=O)OC)c2ccccc2)C1. The summed E-state index contributed by atoms with van der Waals surface area (Å²) in [6, 6.07) is 21.6. The van der Waals surface area contributed by atoms with Gasteiger partial charge in [-0.15, -0.1) is 0 Å². The van der Waals surface area contributed by atoms with Crippen LogP contribution in [0.25, 0.3) is 44.2 Å². The van der Waals surface area contributed by atoms with Crippen LogP contribution in [0.2, 0.25) is 0 Å². The number of benzene rings is 4. The van der Waals surface area contributed by atoms with Crippen LogP contribution in [0.15, 0.2) is 79.0 Å². The summed E-state index contributed by atoms with van der Waals surface area (Å²) in [5, 5.41) is 7.42. The number of nitrogens with zero attached hydrogens (tertiary/aromatic N) is 4. The molecule has 1 aliphatic carbocycles. The number of carbonyl (C=O) groups excluding carboxylic acids is 4. The number of rotatable bonds is 11. The highest BCUT2D eigenvalue weighted by molar-refractivity contribution is 6.07. The Bertz CT molecular complexity index is 2860. The smallest absolute Gasteiger partial charge is 0.407 e. The van der Waals surface area contributed by atoms with Gasteiger partial charge in [-0.3, -0.25) is 9.59 Å². The third-order valence-electron chi connectivity index (χ3n) is 14.1. The topological polar surface area (TPSA) is 193 Å². The predicted octanol–water partition coefficient (Wildman–Crippen LogP) is 7.59. The third-order valence-corrected chi connectivity index (χ3v) is 14.1. The van der Waals surface area contributed by atoms with E-state index >= 15 is 0 Å². The summed E-state index contributed by atoms with van der Waals surface area (Å²) in [5.74, 6) is 2.46. The fourth-order valence-electron chi connectivity index (χ4n) is 10.7. The fraction of sp³-hybridized carbons (Fsp3) is 0.400. The second-order valence-corrected chi connectivity index (χ2v) is 18.4. The van der Waals surface area contributed by atoms with Crippen LogP contribution in [0.3, 0.4) is 0 Å². The number of carbonyl (C=O) groups is 4. The number of nitrogens with one attached hydrogen (secondary N) is 4. The van der Waals surface area contributed by atoms with E-state index in [-0.39, 0.29) is 35.7 Å². The highest BCUT2D eigenvalue weighted by Crippen LogP contribution is 2.57. The Balaban J connectivity index is 0.916. The first-order valence-electron chi connectivity index (χ1n) is 22.6. The van der Waals surface area contributed by atoms with E-state index in [1.807, 2.05) is 61.3 Å². The van der Waals surface area contributed by atoms with Gasteiger partial charge in [-0.25, -0.2) is 19.6 Å². The van der Waals surface area contributed by atoms with E-state index in [0.717, 1.165) is 67.7 Å². The third kappa shape index (κ3) is 7.56. The molecule has 1 saturated carbocycles. The normalized spacial score (nSPS) is 22.6. The number of ether oxygens (including phenoxy) is 4. The summed E-state index contributed by atoms with van der Waals surface area (Å²) in [6.07, 6.45) is 1.94.